The van der Waals surface area contributed by atoms with E-state index in [-0.39, 0.29) is 0 Å². The third-order valence-electron chi connectivity index (χ3n) is 4.84. The Balaban J connectivity index is 2.08. The van der Waals surface area contributed by atoms with Gasteiger partial charge in [0.2, 0.25) is 0 Å². The van der Waals surface area contributed by atoms with Crippen LogP contribution in [0.1, 0.15) is 25.8 Å². The minimum atomic E-state index is 0.471. The number of anilines is 1. The first kappa shape index (κ1) is 14.3. The lowest BCUT2D eigenvalue weighted by Crippen LogP contribution is -2.38. The molecule has 3 rings (SSSR count). The molecule has 0 spiro atoms. The summed E-state index contributed by atoms with van der Waals surface area (Å²) in [7, 11) is 0. The summed E-state index contributed by atoms with van der Waals surface area (Å²) in [6, 6.07) is 12.7. The van der Waals surface area contributed by atoms with Gasteiger partial charge < -0.3 is 10.6 Å². The van der Waals surface area contributed by atoms with Gasteiger partial charge in [-0.2, -0.15) is 0 Å². The number of rotatable bonds is 2. The van der Waals surface area contributed by atoms with Gasteiger partial charge >= 0.3 is 0 Å². The quantitative estimate of drug-likeness (QED) is 0.851. The summed E-state index contributed by atoms with van der Waals surface area (Å²) >= 11 is 5.19. The van der Waals surface area contributed by atoms with Crippen molar-refractivity contribution in [2.24, 2.45) is 17.6 Å². The Morgan fingerprint density at radius 2 is 1.81 bits per heavy atom. The lowest BCUT2D eigenvalue weighted by Gasteiger charge is -2.37. The fourth-order valence-electron chi connectivity index (χ4n) is 3.26. The molecule has 2 nitrogen and oxygen atoms in total. The molecule has 2 unspecified atom stereocenters. The minimum Gasteiger partial charge on any atom is -0.389 e. The smallest absolute Gasteiger partial charge is 0.104 e. The van der Waals surface area contributed by atoms with Crippen LogP contribution in [-0.4, -0.2) is 18.1 Å². The maximum atomic E-state index is 5.87. The molecule has 110 valence electrons. The van der Waals surface area contributed by atoms with E-state index in [4.69, 9.17) is 18.0 Å². The molecule has 0 amide bonds. The van der Waals surface area contributed by atoms with E-state index in [1.54, 1.807) is 0 Å². The van der Waals surface area contributed by atoms with Crippen molar-refractivity contribution < 1.29 is 0 Å². The van der Waals surface area contributed by atoms with Crippen LogP contribution < -0.4 is 10.6 Å². The monoisotopic (exact) mass is 298 g/mol. The van der Waals surface area contributed by atoms with Crippen molar-refractivity contribution in [3.63, 3.8) is 0 Å². The Morgan fingerprint density at radius 1 is 1.10 bits per heavy atom. The lowest BCUT2D eigenvalue weighted by atomic mass is 9.88. The third kappa shape index (κ3) is 2.62. The Hall–Kier alpha value is -1.61. The van der Waals surface area contributed by atoms with Crippen molar-refractivity contribution in [1.29, 1.82) is 0 Å². The first-order valence-corrected chi connectivity index (χ1v) is 8.05. The number of piperidine rings is 1. The van der Waals surface area contributed by atoms with Crippen LogP contribution in [0, 0.1) is 11.8 Å². The normalized spacial score (nSPS) is 22.5. The predicted molar refractivity (Wildman–Crippen MR) is 95.0 cm³/mol. The van der Waals surface area contributed by atoms with Gasteiger partial charge in [-0.05, 0) is 35.8 Å². The fraction of sp³-hybridized carbons (Fsp3) is 0.389. The third-order valence-corrected chi connectivity index (χ3v) is 5.06. The van der Waals surface area contributed by atoms with E-state index in [1.807, 2.05) is 0 Å². The zero-order chi connectivity index (χ0) is 15.0. The second-order valence-corrected chi connectivity index (χ2v) is 6.67. The molecule has 2 aromatic carbocycles. The molecule has 1 aliphatic rings. The highest BCUT2D eigenvalue weighted by molar-refractivity contribution is 7.80. The molecular formula is C18H22N2S. The number of hydrogen-bond donors (Lipinski definition) is 1. The molecule has 0 saturated carbocycles. The molecule has 0 radical (unpaired) electrons. The van der Waals surface area contributed by atoms with Crippen LogP contribution in [0.25, 0.3) is 10.8 Å². The average Bonchev–Trinajstić information content (AvgIpc) is 2.49. The van der Waals surface area contributed by atoms with E-state index in [9.17, 15) is 0 Å². The van der Waals surface area contributed by atoms with Gasteiger partial charge in [0.25, 0.3) is 0 Å². The topological polar surface area (TPSA) is 29.3 Å². The molecule has 2 atom stereocenters. The van der Waals surface area contributed by atoms with E-state index < -0.39 is 0 Å². The van der Waals surface area contributed by atoms with Gasteiger partial charge in [-0.15, -0.1) is 0 Å². The van der Waals surface area contributed by atoms with Gasteiger partial charge in [0.05, 0.1) is 0 Å². The van der Waals surface area contributed by atoms with Crippen LogP contribution in [-0.2, 0) is 0 Å². The Labute approximate surface area is 131 Å². The molecule has 3 heteroatoms. The van der Waals surface area contributed by atoms with Crippen molar-refractivity contribution in [2.45, 2.75) is 20.3 Å². The Kier molecular flexibility index (Phi) is 3.85. The molecule has 1 aliphatic heterocycles. The average molecular weight is 298 g/mol. The van der Waals surface area contributed by atoms with Crippen LogP contribution in [0.15, 0.2) is 36.4 Å². The molecule has 2 N–H and O–H groups in total. The summed E-state index contributed by atoms with van der Waals surface area (Å²) in [6.45, 7) is 6.96. The van der Waals surface area contributed by atoms with Crippen LogP contribution in [0.5, 0.6) is 0 Å². The molecule has 2 aromatic rings. The first-order chi connectivity index (χ1) is 10.1. The molecular weight excluding hydrogens is 276 g/mol. The standard InChI is InChI=1S/C18H22N2S/c1-12-9-10-20(11-13(12)2)17-8-7-16(18(19)21)14-5-3-4-6-15(14)17/h3-8,12-13H,9-11H2,1-2H3,(H2,19,21). The van der Waals surface area contributed by atoms with E-state index in [1.165, 1.54) is 17.5 Å². The SMILES string of the molecule is CC1CCN(c2ccc(C(N)=S)c3ccccc23)CC1C. The van der Waals surface area contributed by atoms with E-state index in [0.29, 0.717) is 4.99 Å². The summed E-state index contributed by atoms with van der Waals surface area (Å²) < 4.78 is 0. The van der Waals surface area contributed by atoms with Crippen molar-refractivity contribution in [2.75, 3.05) is 18.0 Å². The lowest BCUT2D eigenvalue weighted by molar-refractivity contribution is 0.324. The van der Waals surface area contributed by atoms with Gasteiger partial charge in [0.15, 0.2) is 0 Å². The molecule has 21 heavy (non-hydrogen) atoms. The van der Waals surface area contributed by atoms with Crippen molar-refractivity contribution in [3.8, 4) is 0 Å². The van der Waals surface area contributed by atoms with Gasteiger partial charge in [-0.1, -0.05) is 50.3 Å². The predicted octanol–water partition coefficient (Wildman–Crippen LogP) is 3.96. The molecule has 1 saturated heterocycles. The number of thiocarbonyl (C=S) groups is 1. The van der Waals surface area contributed by atoms with Crippen molar-refractivity contribution in [1.82, 2.24) is 0 Å². The largest absolute Gasteiger partial charge is 0.389 e. The van der Waals surface area contributed by atoms with Gasteiger partial charge in [0.1, 0.15) is 4.99 Å². The molecule has 0 aromatic heterocycles. The number of nitrogens with two attached hydrogens (primary N) is 1. The highest BCUT2D eigenvalue weighted by atomic mass is 32.1. The van der Waals surface area contributed by atoms with Crippen molar-refractivity contribution >= 4 is 33.7 Å². The van der Waals surface area contributed by atoms with Crippen LogP contribution in [0.4, 0.5) is 5.69 Å². The second kappa shape index (κ2) is 5.64. The number of benzene rings is 2. The Bertz CT molecular complexity index is 680. The summed E-state index contributed by atoms with van der Waals surface area (Å²) in [5.41, 5.74) is 8.15. The maximum absolute atomic E-state index is 5.87. The van der Waals surface area contributed by atoms with Crippen LogP contribution >= 0.6 is 12.2 Å². The van der Waals surface area contributed by atoms with Crippen LogP contribution in [0.3, 0.4) is 0 Å². The summed E-state index contributed by atoms with van der Waals surface area (Å²) in [5.74, 6) is 1.54. The van der Waals surface area contributed by atoms with E-state index in [0.717, 1.165) is 35.9 Å². The molecule has 0 bridgehead atoms. The first-order valence-electron chi connectivity index (χ1n) is 7.64. The van der Waals surface area contributed by atoms with E-state index >= 15 is 0 Å². The zero-order valence-electron chi connectivity index (χ0n) is 12.7. The number of nitrogens with zero attached hydrogens (tertiary/aromatic N) is 1. The molecule has 1 fully saturated rings. The van der Waals surface area contributed by atoms with E-state index in [2.05, 4.69) is 55.1 Å². The van der Waals surface area contributed by atoms with Gasteiger partial charge in [0, 0.05) is 29.7 Å². The van der Waals surface area contributed by atoms with Gasteiger partial charge in [-0.25, -0.2) is 0 Å². The second-order valence-electron chi connectivity index (χ2n) is 6.23. The minimum absolute atomic E-state index is 0.471. The summed E-state index contributed by atoms with van der Waals surface area (Å²) in [5, 5.41) is 2.42. The number of fused-ring (bicyclic) bond motifs is 1. The van der Waals surface area contributed by atoms with Crippen molar-refractivity contribution in [3.05, 3.63) is 42.0 Å². The number of hydrogen-bond acceptors (Lipinski definition) is 2. The zero-order valence-corrected chi connectivity index (χ0v) is 13.5. The highest BCUT2D eigenvalue weighted by Gasteiger charge is 2.24. The maximum Gasteiger partial charge on any atom is 0.104 e. The molecule has 0 aliphatic carbocycles. The summed E-state index contributed by atoms with van der Waals surface area (Å²) in [4.78, 5) is 2.98. The Morgan fingerprint density at radius 3 is 2.48 bits per heavy atom. The fourth-order valence-corrected chi connectivity index (χ4v) is 3.43. The van der Waals surface area contributed by atoms with Gasteiger partial charge in [-0.3, -0.25) is 0 Å². The van der Waals surface area contributed by atoms with Crippen LogP contribution in [0.2, 0.25) is 0 Å². The molecule has 1 heterocycles. The summed E-state index contributed by atoms with van der Waals surface area (Å²) in [6.07, 6.45) is 1.26. The highest BCUT2D eigenvalue weighted by Crippen LogP contribution is 2.33.